The third-order valence-electron chi connectivity index (χ3n) is 6.98. The van der Waals surface area contributed by atoms with E-state index in [1.807, 2.05) is 4.90 Å². The van der Waals surface area contributed by atoms with E-state index in [1.54, 1.807) is 0 Å². The molecule has 2 aromatic rings. The molecule has 1 aromatic carbocycles. The first-order valence-corrected chi connectivity index (χ1v) is 11.2. The Bertz CT molecular complexity index is 962. The van der Waals surface area contributed by atoms with E-state index in [2.05, 4.69) is 33.6 Å². The Morgan fingerprint density at radius 2 is 2.03 bits per heavy atom. The van der Waals surface area contributed by atoms with E-state index in [0.29, 0.717) is 41.2 Å². The van der Waals surface area contributed by atoms with Gasteiger partial charge in [0.2, 0.25) is 5.91 Å². The summed E-state index contributed by atoms with van der Waals surface area (Å²) in [5.74, 6) is 0.723. The topological polar surface area (TPSA) is 55.5 Å². The van der Waals surface area contributed by atoms with Gasteiger partial charge in [-0.25, -0.2) is 9.37 Å². The van der Waals surface area contributed by atoms with Crippen molar-refractivity contribution in [2.75, 3.05) is 32.7 Å². The number of aromatic nitrogens is 2. The second kappa shape index (κ2) is 7.46. The van der Waals surface area contributed by atoms with Crippen LogP contribution in [0, 0.1) is 11.2 Å². The molecule has 0 saturated carbocycles. The van der Waals surface area contributed by atoms with E-state index in [9.17, 15) is 9.18 Å². The van der Waals surface area contributed by atoms with Crippen molar-refractivity contribution < 1.29 is 9.18 Å². The van der Waals surface area contributed by atoms with Gasteiger partial charge in [0.15, 0.2) is 0 Å². The monoisotopic (exact) mass is 433 g/mol. The van der Waals surface area contributed by atoms with Crippen LogP contribution in [0.1, 0.15) is 38.9 Å². The maximum atomic E-state index is 13.6. The molecule has 1 aromatic heterocycles. The summed E-state index contributed by atoms with van der Waals surface area (Å²) in [4.78, 5) is 27.5. The Kier molecular flexibility index (Phi) is 5.03. The number of likely N-dealkylation sites (tertiary alicyclic amines) is 2. The van der Waals surface area contributed by atoms with E-state index in [1.165, 1.54) is 12.1 Å². The fraction of sp³-hybridized carbons (Fsp3) is 0.636. The molecule has 30 heavy (non-hydrogen) atoms. The Morgan fingerprint density at radius 3 is 2.70 bits per heavy atom. The number of halogens is 2. The van der Waals surface area contributed by atoms with E-state index < -0.39 is 0 Å². The maximum Gasteiger partial charge on any atom is 0.236 e. The summed E-state index contributed by atoms with van der Waals surface area (Å²) in [6.45, 7) is 9.31. The Hall–Kier alpha value is -1.70. The first-order chi connectivity index (χ1) is 14.3. The molecule has 6 nitrogen and oxygen atoms in total. The molecule has 162 valence electrons. The summed E-state index contributed by atoms with van der Waals surface area (Å²) in [5, 5.41) is 0.334. The van der Waals surface area contributed by atoms with Gasteiger partial charge in [-0.05, 0) is 36.8 Å². The van der Waals surface area contributed by atoms with Crippen molar-refractivity contribution in [3.05, 3.63) is 28.8 Å². The Morgan fingerprint density at radius 1 is 1.30 bits per heavy atom. The fourth-order valence-electron chi connectivity index (χ4n) is 5.43. The van der Waals surface area contributed by atoms with Gasteiger partial charge in [-0.15, -0.1) is 0 Å². The number of rotatable bonds is 4. The number of aromatic amines is 1. The Labute approximate surface area is 181 Å². The van der Waals surface area contributed by atoms with Crippen molar-refractivity contribution in [2.24, 2.45) is 5.41 Å². The van der Waals surface area contributed by atoms with Gasteiger partial charge in [0.1, 0.15) is 17.2 Å². The lowest BCUT2D eigenvalue weighted by Gasteiger charge is -2.41. The summed E-state index contributed by atoms with van der Waals surface area (Å²) < 4.78 is 13.6. The first-order valence-electron chi connectivity index (χ1n) is 10.9. The van der Waals surface area contributed by atoms with Crippen LogP contribution in [0.15, 0.2) is 12.1 Å². The predicted octanol–water partition coefficient (Wildman–Crippen LogP) is 3.26. The number of benzene rings is 1. The number of hydrogen-bond acceptors (Lipinski definition) is 4. The molecule has 3 aliphatic heterocycles. The molecule has 1 amide bonds. The van der Waals surface area contributed by atoms with Crippen LogP contribution in [-0.2, 0) is 11.3 Å². The lowest BCUT2D eigenvalue weighted by molar-refractivity contribution is -0.133. The summed E-state index contributed by atoms with van der Waals surface area (Å²) in [5.41, 5.74) is 1.50. The zero-order valence-corrected chi connectivity index (χ0v) is 18.4. The highest BCUT2D eigenvalue weighted by molar-refractivity contribution is 6.34. The van der Waals surface area contributed by atoms with Crippen molar-refractivity contribution in [2.45, 2.75) is 51.7 Å². The van der Waals surface area contributed by atoms with Crippen molar-refractivity contribution >= 4 is 28.5 Å². The van der Waals surface area contributed by atoms with Crippen LogP contribution < -0.4 is 0 Å². The number of fused-ring (bicyclic) bond motifs is 3. The number of nitrogens with zero attached hydrogens (tertiary/aromatic N) is 4. The van der Waals surface area contributed by atoms with Crippen LogP contribution in [0.2, 0.25) is 5.02 Å². The SMILES string of the molecule is CC1(C)CCN(C(=O)CN2C3CCC2CN(Cc2nc4c(Cl)cc(F)cc4[nH]2)C3)C1. The number of piperazine rings is 1. The highest BCUT2D eigenvalue weighted by Gasteiger charge is 2.42. The summed E-state index contributed by atoms with van der Waals surface area (Å²) in [6, 6.07) is 3.55. The summed E-state index contributed by atoms with van der Waals surface area (Å²) in [6.07, 6.45) is 3.36. The quantitative estimate of drug-likeness (QED) is 0.804. The third-order valence-corrected chi connectivity index (χ3v) is 7.27. The Balaban J connectivity index is 1.22. The second-order valence-electron chi connectivity index (χ2n) is 9.95. The van der Waals surface area contributed by atoms with Gasteiger partial charge in [-0.1, -0.05) is 25.4 Å². The number of H-pyrrole nitrogens is 1. The predicted molar refractivity (Wildman–Crippen MR) is 115 cm³/mol. The molecular weight excluding hydrogens is 405 g/mol. The third kappa shape index (κ3) is 3.83. The van der Waals surface area contributed by atoms with Gasteiger partial charge < -0.3 is 9.88 Å². The minimum atomic E-state index is -0.361. The molecule has 3 fully saturated rings. The standard InChI is InChI=1S/C22H29ClFN5O/c1-22(2)5-6-28(13-22)20(30)12-29-15-3-4-16(29)10-27(9-15)11-19-25-18-8-14(24)7-17(23)21(18)26-19/h7-8,15-16H,3-6,9-13H2,1-2H3,(H,25,26). The van der Waals surface area contributed by atoms with E-state index >= 15 is 0 Å². The molecule has 2 atom stereocenters. The fourth-order valence-corrected chi connectivity index (χ4v) is 5.67. The van der Waals surface area contributed by atoms with Crippen molar-refractivity contribution in [1.29, 1.82) is 0 Å². The minimum Gasteiger partial charge on any atom is -0.341 e. The average Bonchev–Trinajstić information content (AvgIpc) is 3.29. The molecule has 2 unspecified atom stereocenters. The van der Waals surface area contributed by atoms with Crippen LogP contribution in [0.5, 0.6) is 0 Å². The molecule has 1 N–H and O–H groups in total. The number of carbonyl (C=O) groups excluding carboxylic acids is 1. The zero-order chi connectivity index (χ0) is 21.0. The smallest absolute Gasteiger partial charge is 0.236 e. The second-order valence-corrected chi connectivity index (χ2v) is 10.4. The number of carbonyl (C=O) groups is 1. The maximum absolute atomic E-state index is 13.6. The molecule has 0 aliphatic carbocycles. The normalized spacial score (nSPS) is 26.7. The van der Waals surface area contributed by atoms with E-state index in [0.717, 1.165) is 51.3 Å². The largest absolute Gasteiger partial charge is 0.341 e. The van der Waals surface area contributed by atoms with Gasteiger partial charge in [0, 0.05) is 38.3 Å². The number of imidazole rings is 1. The van der Waals surface area contributed by atoms with Crippen LogP contribution in [-0.4, -0.2) is 75.4 Å². The summed E-state index contributed by atoms with van der Waals surface area (Å²) in [7, 11) is 0. The number of amides is 1. The van der Waals surface area contributed by atoms with Crippen molar-refractivity contribution in [3.8, 4) is 0 Å². The van der Waals surface area contributed by atoms with Gasteiger partial charge >= 0.3 is 0 Å². The molecular formula is C22H29ClFN5O. The number of hydrogen-bond donors (Lipinski definition) is 1. The molecule has 8 heteroatoms. The molecule has 0 spiro atoms. The lowest BCUT2D eigenvalue weighted by Crippen LogP contribution is -2.56. The summed E-state index contributed by atoms with van der Waals surface area (Å²) >= 11 is 6.14. The van der Waals surface area contributed by atoms with E-state index in [-0.39, 0.29) is 17.1 Å². The van der Waals surface area contributed by atoms with Gasteiger partial charge in [0.05, 0.1) is 23.6 Å². The van der Waals surface area contributed by atoms with Crippen LogP contribution in [0.4, 0.5) is 4.39 Å². The molecule has 3 saturated heterocycles. The van der Waals surface area contributed by atoms with Crippen LogP contribution >= 0.6 is 11.6 Å². The highest BCUT2D eigenvalue weighted by Crippen LogP contribution is 2.33. The first kappa shape index (κ1) is 20.2. The van der Waals surface area contributed by atoms with Gasteiger partial charge in [-0.3, -0.25) is 14.6 Å². The highest BCUT2D eigenvalue weighted by atomic mass is 35.5. The molecule has 2 bridgehead atoms. The molecule has 5 rings (SSSR count). The van der Waals surface area contributed by atoms with Gasteiger partial charge in [0.25, 0.3) is 0 Å². The number of nitrogens with one attached hydrogen (secondary N) is 1. The minimum absolute atomic E-state index is 0.242. The molecule has 4 heterocycles. The zero-order valence-electron chi connectivity index (χ0n) is 17.6. The lowest BCUT2D eigenvalue weighted by atomic mass is 9.93. The molecule has 3 aliphatic rings. The van der Waals surface area contributed by atoms with Crippen LogP contribution in [0.3, 0.4) is 0 Å². The molecule has 0 radical (unpaired) electrons. The van der Waals surface area contributed by atoms with Crippen molar-refractivity contribution in [1.82, 2.24) is 24.7 Å². The van der Waals surface area contributed by atoms with Crippen LogP contribution in [0.25, 0.3) is 11.0 Å². The average molecular weight is 434 g/mol. The van der Waals surface area contributed by atoms with E-state index in [4.69, 9.17) is 11.6 Å². The van der Waals surface area contributed by atoms with Crippen molar-refractivity contribution in [3.63, 3.8) is 0 Å². The van der Waals surface area contributed by atoms with Gasteiger partial charge in [-0.2, -0.15) is 0 Å².